The van der Waals surface area contributed by atoms with E-state index in [0.29, 0.717) is 23.3 Å². The van der Waals surface area contributed by atoms with Crippen LogP contribution in [0.1, 0.15) is 117 Å². The molecule has 0 spiro atoms. The number of rotatable bonds is 19. The van der Waals surface area contributed by atoms with Crippen molar-refractivity contribution in [2.75, 3.05) is 104 Å². The summed E-state index contributed by atoms with van der Waals surface area (Å²) < 4.78 is 29.4. The molecule has 4 aromatic carbocycles. The molecule has 114 heavy (non-hydrogen) atoms. The van der Waals surface area contributed by atoms with Crippen molar-refractivity contribution in [3.05, 3.63) is 209 Å². The van der Waals surface area contributed by atoms with Gasteiger partial charge in [-0.25, -0.2) is 0 Å². The number of hydrogen-bond acceptors (Lipinski definition) is 24. The van der Waals surface area contributed by atoms with Gasteiger partial charge in [0.15, 0.2) is 45.9 Å². The van der Waals surface area contributed by atoms with Gasteiger partial charge in [-0.3, -0.25) is 0 Å². The molecule has 0 bridgehead atoms. The molecule has 0 amide bonds. The van der Waals surface area contributed by atoms with Crippen LogP contribution in [0.3, 0.4) is 0 Å². The van der Waals surface area contributed by atoms with Crippen LogP contribution in [0.15, 0.2) is 146 Å². The third-order valence-corrected chi connectivity index (χ3v) is 23.7. The van der Waals surface area contributed by atoms with Gasteiger partial charge in [0.1, 0.15) is 23.0 Å². The van der Waals surface area contributed by atoms with E-state index in [1.165, 1.54) is 34.6 Å². The molecule has 0 N–H and O–H groups in total. The minimum absolute atomic E-state index is 0.133. The van der Waals surface area contributed by atoms with Crippen molar-refractivity contribution in [1.82, 2.24) is 79.2 Å². The van der Waals surface area contributed by atoms with Crippen molar-refractivity contribution >= 4 is 112 Å². The van der Waals surface area contributed by atoms with Crippen LogP contribution in [-0.4, -0.2) is 164 Å². The predicted molar refractivity (Wildman–Crippen MR) is 466 cm³/mol. The second kappa shape index (κ2) is 33.9. The maximum atomic E-state index is 5.53. The molecule has 0 aliphatic heterocycles. The zero-order valence-electron chi connectivity index (χ0n) is 68.4. The minimum Gasteiger partial charge on any atom is -0.496 e. The zero-order valence-corrected chi connectivity index (χ0v) is 71.6. The molecule has 16 aromatic rings. The number of para-hydroxylation sites is 4. The number of benzene rings is 4. The molecular weight excluding hydrogens is 1510 g/mol. The van der Waals surface area contributed by atoms with Gasteiger partial charge in [0.05, 0.1) is 93.5 Å². The van der Waals surface area contributed by atoms with Gasteiger partial charge in [-0.1, -0.05) is 111 Å². The lowest BCUT2D eigenvalue weighted by atomic mass is 9.91. The molecule has 0 fully saturated rings. The third kappa shape index (κ3) is 16.6. The average Bonchev–Trinajstić information content (AvgIpc) is 1.61. The predicted octanol–water partition coefficient (Wildman–Crippen LogP) is 14.6. The molecule has 588 valence electrons. The lowest BCUT2D eigenvalue weighted by molar-refractivity contribution is 0.416. The van der Waals surface area contributed by atoms with Gasteiger partial charge in [0.2, 0.25) is 0 Å². The van der Waals surface area contributed by atoms with E-state index in [9.17, 15) is 0 Å². The maximum absolute atomic E-state index is 5.53. The van der Waals surface area contributed by atoms with Gasteiger partial charge in [-0.15, -0.1) is 86.1 Å². The fourth-order valence-corrected chi connectivity index (χ4v) is 16.5. The highest BCUT2D eigenvalue weighted by Crippen LogP contribution is 2.36. The minimum atomic E-state index is -0.134. The van der Waals surface area contributed by atoms with E-state index < -0.39 is 0 Å². The summed E-state index contributed by atoms with van der Waals surface area (Å²) in [6.07, 6.45) is 9.49. The van der Waals surface area contributed by atoms with E-state index in [4.69, 9.17) is 39.3 Å². The molecule has 12 heterocycles. The van der Waals surface area contributed by atoms with Crippen LogP contribution in [0.4, 0.5) is 20.0 Å². The smallest absolute Gasteiger partial charge is 0.189 e. The largest absolute Gasteiger partial charge is 0.496 e. The Morgan fingerprint density at radius 3 is 0.956 bits per heavy atom. The lowest BCUT2D eigenvalue weighted by Gasteiger charge is -2.15. The van der Waals surface area contributed by atoms with Crippen molar-refractivity contribution in [3.8, 4) is 68.5 Å². The Balaban J connectivity index is 0.000000133. The monoisotopic (exact) mass is 1600 g/mol. The molecule has 16 rings (SSSR count). The molecule has 24 nitrogen and oxygen atoms in total. The van der Waals surface area contributed by atoms with Crippen molar-refractivity contribution < 1.29 is 18.9 Å². The van der Waals surface area contributed by atoms with Crippen molar-refractivity contribution in [1.29, 1.82) is 0 Å². The summed E-state index contributed by atoms with van der Waals surface area (Å²) in [4.78, 5) is 13.3. The highest BCUT2D eigenvalue weighted by atomic mass is 32.1. The van der Waals surface area contributed by atoms with E-state index >= 15 is 0 Å². The number of thiophene rings is 4. The quantitative estimate of drug-likeness (QED) is 0.0734. The van der Waals surface area contributed by atoms with E-state index in [1.807, 2.05) is 129 Å². The number of methoxy groups -OCH3 is 4. The van der Waals surface area contributed by atoms with Gasteiger partial charge < -0.3 is 38.5 Å². The summed E-state index contributed by atoms with van der Waals surface area (Å²) in [6.45, 7) is 22.6. The van der Waals surface area contributed by atoms with Gasteiger partial charge in [-0.2, -0.15) is 38.5 Å². The summed E-state index contributed by atoms with van der Waals surface area (Å²) in [7, 11) is 21.1. The average molecular weight is 1600 g/mol. The SMILES string of the molecule is CCN(C)c1ccc(/C=c2/c(C(C)(C)C)nn3c(-c4ccccc4OC)nnc23)s1.CCc1nn2c(-c3ccccc3OC)nnc2/c1=C\c1ccc(N(C)C)s1.COc1ccccc1-c1nnc2/c(=C\c3ccc(N(C)C)s3)c(C(C)(C)C)nn12.COc1ccccc1-c1nnc2/c(=C\c3ccc(N(C)C)s3)c(C(C)C)nn12. The van der Waals surface area contributed by atoms with Crippen LogP contribution >= 0.6 is 45.3 Å². The topological polar surface area (TPSA) is 222 Å². The van der Waals surface area contributed by atoms with Crippen LogP contribution < -0.4 is 59.4 Å². The lowest BCUT2D eigenvalue weighted by Crippen LogP contribution is -2.22. The van der Waals surface area contributed by atoms with Gasteiger partial charge in [0, 0.05) is 107 Å². The molecule has 0 atom stereocenters. The summed E-state index contributed by atoms with van der Waals surface area (Å²) in [5.74, 6) is 6.04. The number of aryl methyl sites for hydroxylation is 1. The van der Waals surface area contributed by atoms with Crippen molar-refractivity contribution in [3.63, 3.8) is 0 Å². The number of hydrogen-bond donors (Lipinski definition) is 0. The fourth-order valence-electron chi connectivity index (χ4n) is 12.9. The third-order valence-electron chi connectivity index (χ3n) is 18.9. The number of aromatic nitrogens is 16. The Hall–Kier alpha value is -11.7. The molecule has 0 aliphatic carbocycles. The normalized spacial score (nSPS) is 12.4. The van der Waals surface area contributed by atoms with Gasteiger partial charge in [-0.05, 0) is 141 Å². The Labute approximate surface area is 679 Å². The highest BCUT2D eigenvalue weighted by molar-refractivity contribution is 7.18. The van der Waals surface area contributed by atoms with E-state index in [-0.39, 0.29) is 16.7 Å². The molecule has 0 unspecified atom stereocenters. The zero-order chi connectivity index (χ0) is 81.0. The first-order chi connectivity index (χ1) is 54.7. The molecular formula is C86H96N20O4S4. The fraction of sp³-hybridized carbons (Fsp3) is 0.302. The Bertz CT molecular complexity index is 6280. The molecule has 0 radical (unpaired) electrons. The number of fused-ring (bicyclic) bond motifs is 4. The van der Waals surface area contributed by atoms with E-state index in [2.05, 4.69) is 238 Å². The van der Waals surface area contributed by atoms with Crippen LogP contribution in [-0.2, 0) is 17.3 Å². The molecule has 0 aliphatic rings. The maximum Gasteiger partial charge on any atom is 0.189 e. The second-order valence-corrected chi connectivity index (χ2v) is 34.4. The molecule has 0 saturated carbocycles. The second-order valence-electron chi connectivity index (χ2n) is 30.0. The van der Waals surface area contributed by atoms with Gasteiger partial charge in [0.25, 0.3) is 0 Å². The first kappa shape index (κ1) is 80.3. The highest BCUT2D eigenvalue weighted by Gasteiger charge is 2.29. The Morgan fingerprint density at radius 1 is 0.360 bits per heavy atom. The summed E-state index contributed by atoms with van der Waals surface area (Å²) in [6, 6.07) is 48.3. The Kier molecular flexibility index (Phi) is 23.9. The number of ether oxygens (including phenoxy) is 4. The summed E-state index contributed by atoms with van der Waals surface area (Å²) >= 11 is 6.99. The van der Waals surface area contributed by atoms with E-state index in [0.717, 1.165) is 129 Å². The summed E-state index contributed by atoms with van der Waals surface area (Å²) in [5.41, 5.74) is 10.3. The van der Waals surface area contributed by atoms with Crippen LogP contribution in [0.5, 0.6) is 23.0 Å². The molecule has 28 heteroatoms. The van der Waals surface area contributed by atoms with E-state index in [1.54, 1.807) is 73.8 Å². The van der Waals surface area contributed by atoms with Crippen LogP contribution in [0, 0.1) is 0 Å². The number of nitrogens with zero attached hydrogens (tertiary/aromatic N) is 20. The summed E-state index contributed by atoms with van der Waals surface area (Å²) in [5, 5.41) is 64.1. The first-order valence-corrected chi connectivity index (χ1v) is 40.7. The van der Waals surface area contributed by atoms with Crippen molar-refractivity contribution in [2.24, 2.45) is 0 Å². The van der Waals surface area contributed by atoms with Crippen LogP contribution in [0.25, 0.3) is 92.4 Å². The number of anilines is 4. The molecule has 0 saturated heterocycles. The Morgan fingerprint density at radius 2 is 0.649 bits per heavy atom. The van der Waals surface area contributed by atoms with Crippen molar-refractivity contribution in [2.45, 2.75) is 92.4 Å². The molecule has 12 aromatic heterocycles. The standard InChI is InChI=1S/C23H27N5OS.C22H25N5OS.C21H23N5OS.C20H21N5OS/c1-7-27(5)19-13-12-15(30-19)14-17-20(23(2,3)4)26-28-21(24-25-22(17)28)16-10-8-9-11-18(16)29-6;1-22(2,3)19-16(13-14-11-12-18(29-14)26(4)5)21-24-23-20(27(21)25-19)15-9-7-8-10-17(15)28-6;1-13(2)19-16(12-14-10-11-18(28-14)25(3)4)21-23-22-20(26(21)24-19)15-8-6-7-9-17(15)27-5;1-5-16-15(12-13-10-11-18(27-13)24(2)3)20-22-21-19(25(20)23-16)14-8-6-7-9-17(14)26-4/h8-14H,7H2,1-6H3;7-13H,1-6H3;6-13H,1-5H3;6-12H,5H2,1-4H3/b17-14-;16-13-;16-12-;15-12-. The van der Waals surface area contributed by atoms with Gasteiger partial charge >= 0.3 is 0 Å². The van der Waals surface area contributed by atoms with Crippen LogP contribution in [0.2, 0.25) is 0 Å². The first-order valence-electron chi connectivity index (χ1n) is 37.5.